The van der Waals surface area contributed by atoms with Crippen LogP contribution in [0.1, 0.15) is 13.3 Å². The molecule has 3 nitrogen and oxygen atoms in total. The van der Waals surface area contributed by atoms with E-state index in [4.69, 9.17) is 9.84 Å². The first-order valence-corrected chi connectivity index (χ1v) is 3.04. The number of hydrogen-bond acceptors (Lipinski definition) is 3. The summed E-state index contributed by atoms with van der Waals surface area (Å²) < 4.78 is 4.69. The highest BCUT2D eigenvalue weighted by atomic mass is 16.6. The van der Waals surface area contributed by atoms with Crippen LogP contribution >= 0.6 is 0 Å². The van der Waals surface area contributed by atoms with Gasteiger partial charge in [-0.2, -0.15) is 0 Å². The number of aliphatic hydroxyl groups is 1. The van der Waals surface area contributed by atoms with Crippen LogP contribution in [-0.4, -0.2) is 23.8 Å². The summed E-state index contributed by atoms with van der Waals surface area (Å²) in [5.41, 5.74) is 0. The third-order valence-corrected chi connectivity index (χ3v) is 1.57. The lowest BCUT2D eigenvalue weighted by atomic mass is 9.99. The van der Waals surface area contributed by atoms with Crippen molar-refractivity contribution < 1.29 is 14.6 Å². The second kappa shape index (κ2) is 2.35. The molecule has 0 unspecified atom stereocenters. The predicted molar refractivity (Wildman–Crippen MR) is 30.7 cm³/mol. The van der Waals surface area contributed by atoms with Gasteiger partial charge in [0.1, 0.15) is 6.10 Å². The number of rotatable bonds is 2. The van der Waals surface area contributed by atoms with E-state index in [9.17, 15) is 4.79 Å². The van der Waals surface area contributed by atoms with Gasteiger partial charge in [0.2, 0.25) is 0 Å². The summed E-state index contributed by atoms with van der Waals surface area (Å²) in [4.78, 5) is 10.2. The first kappa shape index (κ1) is 6.55. The van der Waals surface area contributed by atoms with Gasteiger partial charge in [-0.3, -0.25) is 4.79 Å². The smallest absolute Gasteiger partial charge is 0.309 e. The summed E-state index contributed by atoms with van der Waals surface area (Å²) in [6.07, 6.45) is 0.448. The van der Waals surface area contributed by atoms with E-state index in [0.717, 1.165) is 0 Å². The molecule has 0 aromatic rings. The van der Waals surface area contributed by atoms with Crippen molar-refractivity contribution in [2.75, 3.05) is 6.61 Å². The van der Waals surface area contributed by atoms with Gasteiger partial charge in [-0.05, 0) is 0 Å². The van der Waals surface area contributed by atoms with Crippen molar-refractivity contribution >= 4 is 5.97 Å². The van der Waals surface area contributed by atoms with E-state index in [2.05, 4.69) is 0 Å². The molecule has 0 radical (unpaired) electrons. The molecule has 1 aliphatic heterocycles. The number of cyclic esters (lactones) is 1. The Hall–Kier alpha value is -0.570. The highest BCUT2D eigenvalue weighted by Crippen LogP contribution is 2.20. The summed E-state index contributed by atoms with van der Waals surface area (Å²) in [6, 6.07) is 0. The summed E-state index contributed by atoms with van der Waals surface area (Å²) in [7, 11) is 0. The molecule has 0 saturated carbocycles. The summed E-state index contributed by atoms with van der Waals surface area (Å²) >= 11 is 0. The Kier molecular flexibility index (Phi) is 1.71. The largest absolute Gasteiger partial charge is 0.461 e. The maximum Gasteiger partial charge on any atom is 0.309 e. The molecule has 3 heteroatoms. The van der Waals surface area contributed by atoms with Gasteiger partial charge >= 0.3 is 5.97 Å². The molecule has 1 aliphatic rings. The first-order chi connectivity index (χ1) is 4.24. The van der Waals surface area contributed by atoms with Gasteiger partial charge in [-0.15, -0.1) is 0 Å². The quantitative estimate of drug-likeness (QED) is 0.532. The van der Waals surface area contributed by atoms with Gasteiger partial charge in [0.05, 0.1) is 6.42 Å². The molecule has 2 atom stereocenters. The van der Waals surface area contributed by atoms with Crippen molar-refractivity contribution in [1.82, 2.24) is 0 Å². The molecule has 0 aliphatic carbocycles. The number of ether oxygens (including phenoxy) is 1. The lowest BCUT2D eigenvalue weighted by Crippen LogP contribution is -2.39. The van der Waals surface area contributed by atoms with Crippen molar-refractivity contribution in [3.63, 3.8) is 0 Å². The monoisotopic (exact) mass is 130 g/mol. The molecule has 1 saturated heterocycles. The van der Waals surface area contributed by atoms with Crippen molar-refractivity contribution in [1.29, 1.82) is 0 Å². The molecule has 52 valence electrons. The standard InChI is InChI=1S/C6H10O3/c1-4(3-7)5-2-6(8)9-5/h4-5,7H,2-3H2,1H3/t4-,5+/m0/s1. The van der Waals surface area contributed by atoms with Gasteiger partial charge in [0, 0.05) is 12.5 Å². The van der Waals surface area contributed by atoms with E-state index in [-0.39, 0.29) is 24.6 Å². The van der Waals surface area contributed by atoms with Crippen molar-refractivity contribution in [3.8, 4) is 0 Å². The first-order valence-electron chi connectivity index (χ1n) is 3.04. The van der Waals surface area contributed by atoms with Crippen LogP contribution in [0.15, 0.2) is 0 Å². The Morgan fingerprint density at radius 1 is 2.00 bits per heavy atom. The molecule has 1 N–H and O–H groups in total. The minimum atomic E-state index is -0.152. The average molecular weight is 130 g/mol. The van der Waals surface area contributed by atoms with Crippen LogP contribution in [0, 0.1) is 5.92 Å². The number of hydrogen-bond donors (Lipinski definition) is 1. The third-order valence-electron chi connectivity index (χ3n) is 1.57. The second-order valence-electron chi connectivity index (χ2n) is 2.39. The number of carbonyl (C=O) groups excluding carboxylic acids is 1. The van der Waals surface area contributed by atoms with Crippen LogP contribution in [0.5, 0.6) is 0 Å². The third kappa shape index (κ3) is 1.21. The van der Waals surface area contributed by atoms with Crippen LogP contribution in [0.4, 0.5) is 0 Å². The summed E-state index contributed by atoms with van der Waals surface area (Å²) in [5, 5.41) is 8.57. The van der Waals surface area contributed by atoms with Crippen molar-refractivity contribution in [2.45, 2.75) is 19.4 Å². The van der Waals surface area contributed by atoms with Crippen molar-refractivity contribution in [2.24, 2.45) is 5.92 Å². The highest BCUT2D eigenvalue weighted by Gasteiger charge is 2.32. The fourth-order valence-corrected chi connectivity index (χ4v) is 0.758. The number of carbonyl (C=O) groups is 1. The zero-order chi connectivity index (χ0) is 6.85. The normalized spacial score (nSPS) is 28.7. The second-order valence-corrected chi connectivity index (χ2v) is 2.39. The highest BCUT2D eigenvalue weighted by molar-refractivity contribution is 5.75. The van der Waals surface area contributed by atoms with Crippen LogP contribution in [-0.2, 0) is 9.53 Å². The maximum absolute atomic E-state index is 10.2. The predicted octanol–water partition coefficient (Wildman–Crippen LogP) is -0.0697. The van der Waals surface area contributed by atoms with Gasteiger partial charge in [-0.1, -0.05) is 6.92 Å². The Morgan fingerprint density at radius 3 is 2.89 bits per heavy atom. The van der Waals surface area contributed by atoms with Crippen LogP contribution in [0.2, 0.25) is 0 Å². The zero-order valence-electron chi connectivity index (χ0n) is 5.33. The van der Waals surface area contributed by atoms with Gasteiger partial charge in [-0.25, -0.2) is 0 Å². The molecular weight excluding hydrogens is 120 g/mol. The van der Waals surface area contributed by atoms with Crippen LogP contribution in [0.3, 0.4) is 0 Å². The Bertz CT molecular complexity index is 113. The minimum absolute atomic E-state index is 0.0255. The van der Waals surface area contributed by atoms with Crippen LogP contribution < -0.4 is 0 Å². The molecule has 9 heavy (non-hydrogen) atoms. The Labute approximate surface area is 53.6 Å². The van der Waals surface area contributed by atoms with Crippen LogP contribution in [0.25, 0.3) is 0 Å². The molecular formula is C6H10O3. The lowest BCUT2D eigenvalue weighted by Gasteiger charge is -2.29. The molecule has 0 amide bonds. The van der Waals surface area contributed by atoms with E-state index in [0.29, 0.717) is 6.42 Å². The van der Waals surface area contributed by atoms with E-state index in [1.54, 1.807) is 0 Å². The van der Waals surface area contributed by atoms with E-state index in [1.165, 1.54) is 0 Å². The lowest BCUT2D eigenvalue weighted by molar-refractivity contribution is -0.175. The molecule has 0 aromatic heterocycles. The van der Waals surface area contributed by atoms with Gasteiger partial charge < -0.3 is 9.84 Å². The molecule has 1 fully saturated rings. The summed E-state index contributed by atoms with van der Waals surface area (Å²) in [6.45, 7) is 1.95. The molecule has 1 rings (SSSR count). The Balaban J connectivity index is 2.23. The summed E-state index contributed by atoms with van der Waals surface area (Å²) in [5.74, 6) is -0.0528. The Morgan fingerprint density at radius 2 is 2.56 bits per heavy atom. The van der Waals surface area contributed by atoms with Crippen molar-refractivity contribution in [3.05, 3.63) is 0 Å². The maximum atomic E-state index is 10.2. The molecule has 0 bridgehead atoms. The average Bonchev–Trinajstić information content (AvgIpc) is 1.79. The van der Waals surface area contributed by atoms with E-state index < -0.39 is 0 Å². The van der Waals surface area contributed by atoms with Gasteiger partial charge in [0.15, 0.2) is 0 Å². The minimum Gasteiger partial charge on any atom is -0.461 e. The SMILES string of the molecule is C[C@@H](CO)[C@H]1CC(=O)O1. The van der Waals surface area contributed by atoms with E-state index in [1.807, 2.05) is 6.92 Å². The molecule has 0 aromatic carbocycles. The fourth-order valence-electron chi connectivity index (χ4n) is 0.758. The molecule has 0 spiro atoms. The fraction of sp³-hybridized carbons (Fsp3) is 0.833. The molecule has 1 heterocycles. The topological polar surface area (TPSA) is 46.5 Å². The van der Waals surface area contributed by atoms with E-state index >= 15 is 0 Å². The van der Waals surface area contributed by atoms with Gasteiger partial charge in [0.25, 0.3) is 0 Å². The number of esters is 1. The zero-order valence-corrected chi connectivity index (χ0v) is 5.33. The number of aliphatic hydroxyl groups excluding tert-OH is 1.